The SMILES string of the molecule is C=Cc1ncc2c3c1OP(=O)(O2)O3. The van der Waals surface area contributed by atoms with E-state index in [1.54, 1.807) is 0 Å². The number of fused-ring (bicyclic) bond motifs is 1. The highest BCUT2D eigenvalue weighted by atomic mass is 31.2. The van der Waals surface area contributed by atoms with Crippen molar-refractivity contribution in [3.05, 3.63) is 18.5 Å². The van der Waals surface area contributed by atoms with Crippen LogP contribution in [0.1, 0.15) is 5.69 Å². The Morgan fingerprint density at radius 2 is 2.15 bits per heavy atom. The predicted octanol–water partition coefficient (Wildman–Crippen LogP) is 2.00. The Hall–Kier alpha value is -1.48. The van der Waals surface area contributed by atoms with Crippen molar-refractivity contribution in [1.82, 2.24) is 4.98 Å². The molecular weight excluding hydrogens is 193 g/mol. The van der Waals surface area contributed by atoms with E-state index in [9.17, 15) is 4.57 Å². The second-order valence-corrected chi connectivity index (χ2v) is 4.03. The van der Waals surface area contributed by atoms with Crippen LogP contribution in [-0.2, 0) is 4.57 Å². The Morgan fingerprint density at radius 1 is 1.38 bits per heavy atom. The van der Waals surface area contributed by atoms with Crippen molar-refractivity contribution < 1.29 is 18.1 Å². The molecule has 2 bridgehead atoms. The van der Waals surface area contributed by atoms with Crippen LogP contribution in [0.15, 0.2) is 12.8 Å². The number of phosphoric ester groups is 1. The summed E-state index contributed by atoms with van der Waals surface area (Å²) in [5, 5.41) is 0. The summed E-state index contributed by atoms with van der Waals surface area (Å²) >= 11 is 0. The van der Waals surface area contributed by atoms with Gasteiger partial charge in [0.1, 0.15) is 5.69 Å². The molecule has 1 atom stereocenters. The van der Waals surface area contributed by atoms with E-state index in [-0.39, 0.29) is 0 Å². The van der Waals surface area contributed by atoms with Gasteiger partial charge < -0.3 is 13.6 Å². The minimum absolute atomic E-state index is 0.363. The lowest BCUT2D eigenvalue weighted by atomic mass is 10.3. The summed E-state index contributed by atoms with van der Waals surface area (Å²) in [6.07, 6.45) is 2.95. The predicted molar refractivity (Wildman–Crippen MR) is 43.8 cm³/mol. The molecule has 0 N–H and O–H groups in total. The van der Waals surface area contributed by atoms with Crippen LogP contribution in [0.5, 0.6) is 17.2 Å². The lowest BCUT2D eigenvalue weighted by Gasteiger charge is -2.09. The summed E-state index contributed by atoms with van der Waals surface area (Å²) in [7, 11) is -3.38. The van der Waals surface area contributed by atoms with Gasteiger partial charge in [-0.2, -0.15) is 4.57 Å². The normalized spacial score (nSPS) is 26.2. The maximum atomic E-state index is 11.5. The Bertz CT molecular complexity index is 470. The van der Waals surface area contributed by atoms with Crippen molar-refractivity contribution in [2.45, 2.75) is 0 Å². The van der Waals surface area contributed by atoms with Gasteiger partial charge in [-0.1, -0.05) is 6.58 Å². The van der Waals surface area contributed by atoms with Gasteiger partial charge in [-0.15, -0.1) is 0 Å². The van der Waals surface area contributed by atoms with Crippen molar-refractivity contribution in [3.63, 3.8) is 0 Å². The highest BCUT2D eigenvalue weighted by Crippen LogP contribution is 2.69. The van der Waals surface area contributed by atoms with E-state index in [1.165, 1.54) is 12.3 Å². The zero-order chi connectivity index (χ0) is 9.05. The highest BCUT2D eigenvalue weighted by Gasteiger charge is 2.51. The number of hydrogen-bond donors (Lipinski definition) is 0. The van der Waals surface area contributed by atoms with Gasteiger partial charge in [-0.3, -0.25) is 0 Å². The zero-order valence-electron chi connectivity index (χ0n) is 6.39. The molecule has 0 aliphatic carbocycles. The zero-order valence-corrected chi connectivity index (χ0v) is 7.28. The van der Waals surface area contributed by atoms with Crippen LogP contribution >= 0.6 is 7.82 Å². The minimum atomic E-state index is -3.38. The molecule has 3 heterocycles. The molecule has 6 heteroatoms. The lowest BCUT2D eigenvalue weighted by Crippen LogP contribution is -1.99. The molecule has 0 aromatic carbocycles. The van der Waals surface area contributed by atoms with Crippen LogP contribution < -0.4 is 13.6 Å². The number of pyridine rings is 1. The van der Waals surface area contributed by atoms with Crippen LogP contribution in [0.4, 0.5) is 0 Å². The van der Waals surface area contributed by atoms with Gasteiger partial charge in [-0.25, -0.2) is 4.98 Å². The first-order valence-corrected chi connectivity index (χ1v) is 5.02. The lowest BCUT2D eigenvalue weighted by molar-refractivity contribution is 0.352. The van der Waals surface area contributed by atoms with Crippen molar-refractivity contribution in [2.24, 2.45) is 0 Å². The van der Waals surface area contributed by atoms with E-state index in [1.807, 2.05) is 0 Å². The van der Waals surface area contributed by atoms with Crippen molar-refractivity contribution >= 4 is 13.9 Å². The van der Waals surface area contributed by atoms with E-state index in [4.69, 9.17) is 13.6 Å². The molecule has 5 nitrogen and oxygen atoms in total. The third-order valence-electron chi connectivity index (χ3n) is 1.79. The maximum absolute atomic E-state index is 11.5. The fourth-order valence-electron chi connectivity index (χ4n) is 1.26. The molecule has 2 aliphatic rings. The van der Waals surface area contributed by atoms with Gasteiger partial charge in [0, 0.05) is 0 Å². The second kappa shape index (κ2) is 1.88. The Morgan fingerprint density at radius 3 is 2.85 bits per heavy atom. The quantitative estimate of drug-likeness (QED) is 0.644. The number of hydrogen-bond acceptors (Lipinski definition) is 5. The highest BCUT2D eigenvalue weighted by molar-refractivity contribution is 7.50. The van der Waals surface area contributed by atoms with E-state index < -0.39 is 7.82 Å². The smallest absolute Gasteiger partial charge is 0.380 e. The monoisotopic (exact) mass is 197 g/mol. The average molecular weight is 197 g/mol. The molecule has 0 saturated carbocycles. The van der Waals surface area contributed by atoms with E-state index >= 15 is 0 Å². The molecule has 2 aliphatic heterocycles. The van der Waals surface area contributed by atoms with Crippen LogP contribution in [0.3, 0.4) is 0 Å². The largest absolute Gasteiger partial charge is 0.647 e. The second-order valence-electron chi connectivity index (χ2n) is 2.59. The molecule has 1 aromatic rings. The summed E-state index contributed by atoms with van der Waals surface area (Å²) in [6, 6.07) is 0. The van der Waals surface area contributed by atoms with Gasteiger partial charge in [0.2, 0.25) is 11.5 Å². The van der Waals surface area contributed by atoms with Crippen LogP contribution in [-0.4, -0.2) is 4.98 Å². The third kappa shape index (κ3) is 0.722. The number of nitrogens with zero attached hydrogens (tertiary/aromatic N) is 1. The molecule has 1 aromatic heterocycles. The summed E-state index contributed by atoms with van der Waals surface area (Å²) < 4.78 is 26.3. The number of aromatic nitrogens is 1. The third-order valence-corrected chi connectivity index (χ3v) is 3.03. The fourth-order valence-corrected chi connectivity index (χ4v) is 2.54. The van der Waals surface area contributed by atoms with E-state index in [0.717, 1.165) is 0 Å². The standard InChI is InChI=1S/C7H4NO4P/c1-2-4-6-7-5(3-8-4)10-13(9,11-6)12-7/h2-3H,1H2. The first-order chi connectivity index (χ1) is 6.22. The number of rotatable bonds is 1. The molecule has 0 radical (unpaired) electrons. The fraction of sp³-hybridized carbons (Fsp3) is 0. The summed E-state index contributed by atoms with van der Waals surface area (Å²) in [5.41, 5.74) is 0.514. The minimum Gasteiger partial charge on any atom is -0.380 e. The van der Waals surface area contributed by atoms with Crippen LogP contribution in [0.25, 0.3) is 6.08 Å². The summed E-state index contributed by atoms with van der Waals surface area (Å²) in [6.45, 7) is 3.55. The van der Waals surface area contributed by atoms with Gasteiger partial charge in [-0.05, 0) is 6.08 Å². The topological polar surface area (TPSA) is 57.7 Å². The molecule has 3 rings (SSSR count). The average Bonchev–Trinajstić information content (AvgIpc) is 2.57. The summed E-state index contributed by atoms with van der Waals surface area (Å²) in [5.74, 6) is 1.10. The first kappa shape index (κ1) is 6.97. The molecule has 66 valence electrons. The molecular formula is C7H4NO4P. The molecule has 0 amide bonds. The molecule has 0 saturated heterocycles. The van der Waals surface area contributed by atoms with Crippen LogP contribution in [0.2, 0.25) is 0 Å². The van der Waals surface area contributed by atoms with E-state index in [0.29, 0.717) is 22.9 Å². The summed E-state index contributed by atoms with van der Waals surface area (Å²) in [4.78, 5) is 3.97. The van der Waals surface area contributed by atoms with Gasteiger partial charge in [0.15, 0.2) is 5.75 Å². The van der Waals surface area contributed by atoms with Crippen molar-refractivity contribution in [3.8, 4) is 17.2 Å². The molecule has 1 unspecified atom stereocenters. The van der Waals surface area contributed by atoms with Crippen LogP contribution in [0, 0.1) is 0 Å². The first-order valence-electron chi connectivity index (χ1n) is 3.56. The van der Waals surface area contributed by atoms with Gasteiger partial charge >= 0.3 is 7.82 Å². The molecule has 13 heavy (non-hydrogen) atoms. The van der Waals surface area contributed by atoms with E-state index in [2.05, 4.69) is 11.6 Å². The Kier molecular flexibility index (Phi) is 1.01. The molecule has 0 spiro atoms. The number of phosphoric acid groups is 1. The van der Waals surface area contributed by atoms with Crippen molar-refractivity contribution in [1.29, 1.82) is 0 Å². The van der Waals surface area contributed by atoms with Gasteiger partial charge in [0.05, 0.1) is 6.20 Å². The van der Waals surface area contributed by atoms with Crippen molar-refractivity contribution in [2.75, 3.05) is 0 Å². The Labute approximate surface area is 73.6 Å². The van der Waals surface area contributed by atoms with Gasteiger partial charge in [0.25, 0.3) is 0 Å². The maximum Gasteiger partial charge on any atom is 0.647 e. The molecule has 0 fully saturated rings. The Balaban J connectivity index is 2.36.